The number of nitrogens with zero attached hydrogens (tertiary/aromatic N) is 1. The molecule has 1 aromatic rings. The van der Waals surface area contributed by atoms with E-state index < -0.39 is 0 Å². The molecule has 0 fully saturated rings. The van der Waals surface area contributed by atoms with Crippen molar-refractivity contribution in [3.63, 3.8) is 0 Å². The molecule has 1 rings (SSSR count). The number of nitrogen functional groups attached to an aromatic ring is 1. The van der Waals surface area contributed by atoms with E-state index in [1.54, 1.807) is 0 Å². The van der Waals surface area contributed by atoms with Gasteiger partial charge in [-0.25, -0.2) is 0 Å². The van der Waals surface area contributed by atoms with Crippen molar-refractivity contribution < 1.29 is 9.90 Å². The van der Waals surface area contributed by atoms with Crippen molar-refractivity contribution in [3.05, 3.63) is 28.3 Å². The van der Waals surface area contributed by atoms with Crippen LogP contribution in [0.15, 0.2) is 12.1 Å². The first kappa shape index (κ1) is 23.5. The fourth-order valence-corrected chi connectivity index (χ4v) is 2.11. The number of benzene rings is 1. The smallest absolute Gasteiger partial charge is 0.251 e. The fraction of sp³-hybridized carbons (Fsp3) is 0.500. The van der Waals surface area contributed by atoms with Gasteiger partial charge < -0.3 is 21.1 Å². The lowest BCUT2D eigenvalue weighted by molar-refractivity contribution is 0.0946. The Morgan fingerprint density at radius 1 is 1.32 bits per heavy atom. The molecule has 0 unspecified atom stereocenters. The predicted molar refractivity (Wildman–Crippen MR) is 96.4 cm³/mol. The molecular weight excluding hydrogens is 349 g/mol. The molecule has 0 saturated heterocycles. The van der Waals surface area contributed by atoms with Crippen molar-refractivity contribution in [1.29, 1.82) is 0 Å². The molecule has 0 radical (unpaired) electrons. The number of hydrogen-bond acceptors (Lipinski definition) is 4. The molecule has 1 amide bonds. The van der Waals surface area contributed by atoms with Gasteiger partial charge in [0, 0.05) is 18.7 Å². The van der Waals surface area contributed by atoms with Gasteiger partial charge in [-0.1, -0.05) is 25.4 Å². The maximum Gasteiger partial charge on any atom is 0.251 e. The van der Waals surface area contributed by atoms with Crippen LogP contribution in [0.1, 0.15) is 29.8 Å². The molecule has 5 nitrogen and oxygen atoms in total. The van der Waals surface area contributed by atoms with Gasteiger partial charge in [0.25, 0.3) is 5.91 Å². The van der Waals surface area contributed by atoms with Crippen LogP contribution in [0.25, 0.3) is 0 Å². The first-order valence-electron chi connectivity index (χ1n) is 6.72. The Morgan fingerprint density at radius 2 is 1.91 bits per heavy atom. The summed E-state index contributed by atoms with van der Waals surface area (Å²) in [6.07, 6.45) is 0. The second-order valence-corrected chi connectivity index (χ2v) is 4.88. The Labute approximate surface area is 149 Å². The highest BCUT2D eigenvalue weighted by Gasteiger charge is 2.13. The van der Waals surface area contributed by atoms with Crippen molar-refractivity contribution in [2.75, 3.05) is 31.9 Å². The predicted octanol–water partition coefficient (Wildman–Crippen LogP) is 2.33. The monoisotopic (exact) mass is 371 g/mol. The van der Waals surface area contributed by atoms with Crippen molar-refractivity contribution in [2.45, 2.75) is 20.5 Å². The number of carbonyl (C=O) groups excluding carboxylic acids is 1. The summed E-state index contributed by atoms with van der Waals surface area (Å²) in [7, 11) is 0. The van der Waals surface area contributed by atoms with Crippen LogP contribution in [0.3, 0.4) is 0 Å². The molecule has 0 atom stereocenters. The van der Waals surface area contributed by atoms with E-state index in [0.717, 1.165) is 19.6 Å². The van der Waals surface area contributed by atoms with Gasteiger partial charge in [-0.2, -0.15) is 0 Å². The first-order chi connectivity index (χ1) is 9.53. The summed E-state index contributed by atoms with van der Waals surface area (Å²) in [5, 5.41) is 12.4. The number of nitrogens with one attached hydrogen (secondary N) is 1. The van der Waals surface area contributed by atoms with E-state index in [0.29, 0.717) is 28.4 Å². The minimum Gasteiger partial charge on any atom is -0.398 e. The topological polar surface area (TPSA) is 78.6 Å². The number of hydrogen-bond donors (Lipinski definition) is 3. The van der Waals surface area contributed by atoms with Crippen molar-refractivity contribution in [3.8, 4) is 0 Å². The van der Waals surface area contributed by atoms with E-state index in [9.17, 15) is 9.90 Å². The third-order valence-corrected chi connectivity index (χ3v) is 3.57. The summed E-state index contributed by atoms with van der Waals surface area (Å²) in [4.78, 5) is 14.3. The molecule has 0 aromatic heterocycles. The molecule has 0 aliphatic heterocycles. The highest BCUT2D eigenvalue weighted by Crippen LogP contribution is 2.23. The molecule has 0 bridgehead atoms. The number of rotatable bonds is 7. The van der Waals surface area contributed by atoms with Gasteiger partial charge in [0.2, 0.25) is 0 Å². The summed E-state index contributed by atoms with van der Waals surface area (Å²) in [5.41, 5.74) is 6.86. The molecule has 128 valence electrons. The highest BCUT2D eigenvalue weighted by molar-refractivity contribution is 6.33. The van der Waals surface area contributed by atoms with Gasteiger partial charge in [0.15, 0.2) is 0 Å². The third-order valence-electron chi connectivity index (χ3n) is 3.25. The van der Waals surface area contributed by atoms with Gasteiger partial charge in [-0.3, -0.25) is 4.79 Å². The Hall–Kier alpha value is -0.720. The lowest BCUT2D eigenvalue weighted by atomic mass is 10.1. The van der Waals surface area contributed by atoms with Gasteiger partial charge in [0.05, 0.1) is 17.3 Å². The zero-order chi connectivity index (χ0) is 15.1. The van der Waals surface area contributed by atoms with Crippen LogP contribution in [0.4, 0.5) is 5.69 Å². The summed E-state index contributed by atoms with van der Waals surface area (Å²) in [6.45, 7) is 7.14. The SMILES string of the molecule is CCN(CC)CCNC(=O)c1cc(Cl)c(N)cc1CO.Cl.Cl. The third kappa shape index (κ3) is 6.58. The number of likely N-dealkylation sites (N-methyl/N-ethyl adjacent to an activating group) is 1. The van der Waals surface area contributed by atoms with Gasteiger partial charge in [-0.05, 0) is 30.8 Å². The minimum absolute atomic E-state index is 0. The molecule has 8 heteroatoms. The molecule has 0 heterocycles. The zero-order valence-electron chi connectivity index (χ0n) is 12.8. The van der Waals surface area contributed by atoms with Crippen LogP contribution < -0.4 is 11.1 Å². The van der Waals surface area contributed by atoms with Crippen LogP contribution in [-0.2, 0) is 6.61 Å². The van der Waals surface area contributed by atoms with Crippen molar-refractivity contribution >= 4 is 48.0 Å². The van der Waals surface area contributed by atoms with Crippen LogP contribution in [-0.4, -0.2) is 42.1 Å². The lowest BCUT2D eigenvalue weighted by Gasteiger charge is -2.18. The van der Waals surface area contributed by atoms with E-state index in [2.05, 4.69) is 24.1 Å². The second-order valence-electron chi connectivity index (χ2n) is 4.47. The van der Waals surface area contributed by atoms with Gasteiger partial charge in [0.1, 0.15) is 0 Å². The van der Waals surface area contributed by atoms with Crippen LogP contribution >= 0.6 is 36.4 Å². The van der Waals surface area contributed by atoms with E-state index in [1.807, 2.05) is 0 Å². The zero-order valence-corrected chi connectivity index (χ0v) is 15.2. The molecule has 1 aromatic carbocycles. The average Bonchev–Trinajstić information content (AvgIpc) is 2.45. The summed E-state index contributed by atoms with van der Waals surface area (Å²) >= 11 is 5.92. The highest BCUT2D eigenvalue weighted by atomic mass is 35.5. The maximum atomic E-state index is 12.1. The summed E-state index contributed by atoms with van der Waals surface area (Å²) in [5.74, 6) is -0.247. The van der Waals surface area contributed by atoms with Crippen LogP contribution in [0.5, 0.6) is 0 Å². The molecular formula is C14H24Cl3N3O2. The standard InChI is InChI=1S/C14H22ClN3O2.2ClH/c1-3-18(4-2)6-5-17-14(20)11-8-12(15)13(16)7-10(11)9-19;;/h7-8,19H,3-6,9,16H2,1-2H3,(H,17,20);2*1H. The fourth-order valence-electron chi connectivity index (χ4n) is 1.94. The van der Waals surface area contributed by atoms with Gasteiger partial charge in [-0.15, -0.1) is 24.8 Å². The summed E-state index contributed by atoms with van der Waals surface area (Å²) in [6, 6.07) is 3.02. The number of aliphatic hydroxyl groups excluding tert-OH is 1. The van der Waals surface area contributed by atoms with Crippen molar-refractivity contribution in [1.82, 2.24) is 10.2 Å². The van der Waals surface area contributed by atoms with E-state index in [-0.39, 0.29) is 37.3 Å². The Morgan fingerprint density at radius 3 is 2.41 bits per heavy atom. The van der Waals surface area contributed by atoms with Crippen molar-refractivity contribution in [2.24, 2.45) is 0 Å². The van der Waals surface area contributed by atoms with E-state index >= 15 is 0 Å². The van der Waals surface area contributed by atoms with Crippen LogP contribution in [0.2, 0.25) is 5.02 Å². The number of amides is 1. The Balaban J connectivity index is 0. The lowest BCUT2D eigenvalue weighted by Crippen LogP contribution is -2.35. The number of aliphatic hydroxyl groups is 1. The number of nitrogens with two attached hydrogens (primary N) is 1. The summed E-state index contributed by atoms with van der Waals surface area (Å²) < 4.78 is 0. The molecule has 4 N–H and O–H groups in total. The molecule has 0 spiro atoms. The van der Waals surface area contributed by atoms with E-state index in [4.69, 9.17) is 17.3 Å². The maximum absolute atomic E-state index is 12.1. The normalized spacial score (nSPS) is 9.86. The number of carbonyl (C=O) groups is 1. The number of anilines is 1. The number of halogens is 3. The Kier molecular flexibility index (Phi) is 12.6. The quantitative estimate of drug-likeness (QED) is 0.642. The molecule has 22 heavy (non-hydrogen) atoms. The van der Waals surface area contributed by atoms with Crippen LogP contribution in [0, 0.1) is 0 Å². The molecule has 0 aliphatic rings. The first-order valence-corrected chi connectivity index (χ1v) is 7.10. The largest absolute Gasteiger partial charge is 0.398 e. The Bertz CT molecular complexity index is 469. The molecule has 0 aliphatic carbocycles. The van der Waals surface area contributed by atoms with Gasteiger partial charge >= 0.3 is 0 Å². The average molecular weight is 373 g/mol. The second kappa shape index (κ2) is 11.8. The molecule has 0 saturated carbocycles. The minimum atomic E-state index is -0.250. The van der Waals surface area contributed by atoms with E-state index in [1.165, 1.54) is 12.1 Å².